The van der Waals surface area contributed by atoms with Crippen LogP contribution in [-0.2, 0) is 16.1 Å². The van der Waals surface area contributed by atoms with Crippen LogP contribution in [0.2, 0.25) is 0 Å². The number of carbonyl (C=O) groups is 2. The van der Waals surface area contributed by atoms with Crippen molar-refractivity contribution in [2.24, 2.45) is 0 Å². The first-order valence-electron chi connectivity index (χ1n) is 7.63. The summed E-state index contributed by atoms with van der Waals surface area (Å²) in [5.41, 5.74) is 0.387. The Morgan fingerprint density at radius 3 is 2.61 bits per heavy atom. The topological polar surface area (TPSA) is 83.6 Å². The maximum absolute atomic E-state index is 11.5. The lowest BCUT2D eigenvalue weighted by atomic mass is 10.2. The predicted molar refractivity (Wildman–Crippen MR) is 91.8 cm³/mol. The van der Waals surface area contributed by atoms with Gasteiger partial charge in [-0.15, -0.1) is 11.3 Å². The molecule has 0 aromatic carbocycles. The third-order valence-electron chi connectivity index (χ3n) is 2.74. The smallest absolute Gasteiger partial charge is 0.407 e. The van der Waals surface area contributed by atoms with E-state index in [2.05, 4.69) is 15.6 Å². The van der Waals surface area contributed by atoms with Crippen LogP contribution in [0, 0.1) is 0 Å². The van der Waals surface area contributed by atoms with E-state index in [1.54, 1.807) is 4.90 Å². The van der Waals surface area contributed by atoms with Gasteiger partial charge in [0.1, 0.15) is 5.60 Å². The molecule has 130 valence electrons. The fourth-order valence-corrected chi connectivity index (χ4v) is 2.71. The largest absolute Gasteiger partial charge is 0.444 e. The molecule has 0 aliphatic carbocycles. The molecule has 0 spiro atoms. The van der Waals surface area contributed by atoms with Gasteiger partial charge < -0.3 is 15.4 Å². The van der Waals surface area contributed by atoms with Crippen molar-refractivity contribution in [2.45, 2.75) is 46.8 Å². The lowest BCUT2D eigenvalue weighted by Crippen LogP contribution is -2.36. The van der Waals surface area contributed by atoms with Gasteiger partial charge in [0.25, 0.3) is 0 Å². The number of aromatic nitrogens is 1. The monoisotopic (exact) mass is 342 g/mol. The molecule has 0 bridgehead atoms. The van der Waals surface area contributed by atoms with E-state index in [1.165, 1.54) is 18.3 Å². The van der Waals surface area contributed by atoms with E-state index >= 15 is 0 Å². The number of amides is 2. The Bertz CT molecular complexity index is 525. The highest BCUT2D eigenvalue weighted by Gasteiger charge is 2.15. The molecule has 1 aromatic rings. The first-order chi connectivity index (χ1) is 10.7. The molecule has 1 rings (SSSR count). The Morgan fingerprint density at radius 1 is 1.35 bits per heavy atom. The molecular weight excluding hydrogens is 316 g/mol. The fourth-order valence-electron chi connectivity index (χ4n) is 1.78. The normalized spacial score (nSPS) is 11.2. The standard InChI is InChI=1S/C15H26N4O3S/c1-6-19(11(2)20)13-18-12(10-23-13)9-16-7-8-17-14(21)22-15(3,4)5/h10,16H,6-9H2,1-5H3,(H,17,21). The Balaban J connectivity index is 2.28. The molecule has 0 atom stereocenters. The number of alkyl carbamates (subject to hydrolysis) is 1. The summed E-state index contributed by atoms with van der Waals surface area (Å²) in [5.74, 6) is -0.0112. The van der Waals surface area contributed by atoms with Gasteiger partial charge in [-0.25, -0.2) is 9.78 Å². The van der Waals surface area contributed by atoms with Crippen LogP contribution in [0.3, 0.4) is 0 Å². The number of anilines is 1. The highest BCUT2D eigenvalue weighted by Crippen LogP contribution is 2.20. The average Bonchev–Trinajstić information content (AvgIpc) is 2.85. The van der Waals surface area contributed by atoms with E-state index in [-0.39, 0.29) is 5.91 Å². The highest BCUT2D eigenvalue weighted by atomic mass is 32.1. The second-order valence-corrected chi connectivity index (χ2v) is 6.83. The third kappa shape index (κ3) is 7.43. The van der Waals surface area contributed by atoms with Crippen molar-refractivity contribution in [3.63, 3.8) is 0 Å². The maximum Gasteiger partial charge on any atom is 0.407 e. The Kier molecular flexibility index (Phi) is 7.44. The summed E-state index contributed by atoms with van der Waals surface area (Å²) in [7, 11) is 0. The SMILES string of the molecule is CCN(C(C)=O)c1nc(CNCCNC(=O)OC(C)(C)C)cs1. The molecule has 2 N–H and O–H groups in total. The minimum absolute atomic E-state index is 0.0112. The third-order valence-corrected chi connectivity index (χ3v) is 3.66. The lowest BCUT2D eigenvalue weighted by molar-refractivity contribution is -0.116. The molecule has 0 saturated heterocycles. The summed E-state index contributed by atoms with van der Waals surface area (Å²) in [6.07, 6.45) is -0.421. The average molecular weight is 342 g/mol. The molecule has 7 nitrogen and oxygen atoms in total. The van der Waals surface area contributed by atoms with Gasteiger partial charge in [-0.05, 0) is 27.7 Å². The lowest BCUT2D eigenvalue weighted by Gasteiger charge is -2.19. The first-order valence-corrected chi connectivity index (χ1v) is 8.51. The highest BCUT2D eigenvalue weighted by molar-refractivity contribution is 7.14. The van der Waals surface area contributed by atoms with Gasteiger partial charge in [0.2, 0.25) is 5.91 Å². The summed E-state index contributed by atoms with van der Waals surface area (Å²) >= 11 is 1.45. The van der Waals surface area contributed by atoms with E-state index < -0.39 is 11.7 Å². The quantitative estimate of drug-likeness (QED) is 0.742. The van der Waals surface area contributed by atoms with Crippen molar-refractivity contribution in [3.8, 4) is 0 Å². The van der Waals surface area contributed by atoms with Crippen LogP contribution < -0.4 is 15.5 Å². The minimum atomic E-state index is -0.490. The molecule has 1 heterocycles. The molecule has 23 heavy (non-hydrogen) atoms. The number of nitrogens with one attached hydrogen (secondary N) is 2. The van der Waals surface area contributed by atoms with Crippen molar-refractivity contribution in [1.82, 2.24) is 15.6 Å². The zero-order valence-electron chi connectivity index (χ0n) is 14.4. The Morgan fingerprint density at radius 2 is 2.04 bits per heavy atom. The zero-order valence-corrected chi connectivity index (χ0v) is 15.2. The summed E-state index contributed by atoms with van der Waals surface area (Å²) in [6.45, 7) is 11.2. The van der Waals surface area contributed by atoms with Crippen LogP contribution >= 0.6 is 11.3 Å². The number of rotatable bonds is 7. The van der Waals surface area contributed by atoms with Gasteiger partial charge in [-0.3, -0.25) is 9.69 Å². The van der Waals surface area contributed by atoms with Gasteiger partial charge in [0, 0.05) is 38.5 Å². The minimum Gasteiger partial charge on any atom is -0.444 e. The van der Waals surface area contributed by atoms with E-state index in [1.807, 2.05) is 33.1 Å². The van der Waals surface area contributed by atoms with Crippen LogP contribution in [-0.4, -0.2) is 42.2 Å². The van der Waals surface area contributed by atoms with Crippen molar-refractivity contribution in [1.29, 1.82) is 0 Å². The Hall–Kier alpha value is -1.67. The fraction of sp³-hybridized carbons (Fsp3) is 0.667. The molecule has 0 unspecified atom stereocenters. The molecular formula is C15H26N4O3S. The number of thiazole rings is 1. The van der Waals surface area contributed by atoms with E-state index in [9.17, 15) is 9.59 Å². The molecule has 1 aromatic heterocycles. The summed E-state index contributed by atoms with van der Waals surface area (Å²) in [6, 6.07) is 0. The van der Waals surface area contributed by atoms with Gasteiger partial charge >= 0.3 is 6.09 Å². The van der Waals surface area contributed by atoms with Crippen molar-refractivity contribution in [2.75, 3.05) is 24.5 Å². The van der Waals surface area contributed by atoms with Crippen LogP contribution in [0.25, 0.3) is 0 Å². The van der Waals surface area contributed by atoms with Crippen molar-refractivity contribution >= 4 is 28.5 Å². The van der Waals surface area contributed by atoms with E-state index in [4.69, 9.17) is 4.74 Å². The second kappa shape index (κ2) is 8.83. The summed E-state index contributed by atoms with van der Waals surface area (Å²) < 4.78 is 5.14. The predicted octanol–water partition coefficient (Wildman–Crippen LogP) is 2.13. The molecule has 2 amide bonds. The summed E-state index contributed by atoms with van der Waals surface area (Å²) in [4.78, 5) is 29.0. The number of hydrogen-bond donors (Lipinski definition) is 2. The molecule has 8 heteroatoms. The van der Waals surface area contributed by atoms with Gasteiger partial charge in [0.05, 0.1) is 5.69 Å². The zero-order chi connectivity index (χ0) is 17.5. The maximum atomic E-state index is 11.5. The van der Waals surface area contributed by atoms with Crippen molar-refractivity contribution in [3.05, 3.63) is 11.1 Å². The van der Waals surface area contributed by atoms with E-state index in [0.717, 1.165) is 5.69 Å². The van der Waals surface area contributed by atoms with Crippen LogP contribution in [0.5, 0.6) is 0 Å². The van der Waals surface area contributed by atoms with Crippen LogP contribution in [0.1, 0.15) is 40.3 Å². The molecule has 0 saturated carbocycles. The molecule has 0 fully saturated rings. The number of ether oxygens (including phenoxy) is 1. The molecule has 0 aliphatic heterocycles. The number of hydrogen-bond acceptors (Lipinski definition) is 6. The molecule has 0 radical (unpaired) electrons. The van der Waals surface area contributed by atoms with Gasteiger partial charge in [-0.2, -0.15) is 0 Å². The van der Waals surface area contributed by atoms with Crippen LogP contribution in [0.15, 0.2) is 5.38 Å². The van der Waals surface area contributed by atoms with Gasteiger partial charge in [0.15, 0.2) is 5.13 Å². The van der Waals surface area contributed by atoms with Gasteiger partial charge in [-0.1, -0.05) is 0 Å². The first kappa shape index (κ1) is 19.4. The number of nitrogens with zero attached hydrogens (tertiary/aromatic N) is 2. The second-order valence-electron chi connectivity index (χ2n) is 5.99. The van der Waals surface area contributed by atoms with E-state index in [0.29, 0.717) is 31.3 Å². The summed E-state index contributed by atoms with van der Waals surface area (Å²) in [5, 5.41) is 8.51. The Labute approximate surface area is 141 Å². The molecule has 0 aliphatic rings. The van der Waals surface area contributed by atoms with Crippen LogP contribution in [0.4, 0.5) is 9.93 Å². The number of carbonyl (C=O) groups excluding carboxylic acids is 2. The van der Waals surface area contributed by atoms with Crippen molar-refractivity contribution < 1.29 is 14.3 Å².